The Morgan fingerprint density at radius 2 is 2.10 bits per heavy atom. The smallest absolute Gasteiger partial charge is 0.305 e. The van der Waals surface area contributed by atoms with Crippen LogP contribution in [0.1, 0.15) is 43.6 Å². The van der Waals surface area contributed by atoms with E-state index in [1.165, 1.54) is 0 Å². The first-order chi connectivity index (χ1) is 10.1. The van der Waals surface area contributed by atoms with E-state index in [-0.39, 0.29) is 17.2 Å². The third-order valence-electron chi connectivity index (χ3n) is 2.64. The van der Waals surface area contributed by atoms with Gasteiger partial charge in [0.1, 0.15) is 5.69 Å². The number of carbonyl (C=O) groups is 2. The molecule has 1 amide bonds. The van der Waals surface area contributed by atoms with Crippen molar-refractivity contribution in [3.63, 3.8) is 0 Å². The Morgan fingerprint density at radius 3 is 2.76 bits per heavy atom. The molecule has 0 aliphatic rings. The molecular weight excluding hydrogens is 296 g/mol. The minimum absolute atomic E-state index is 0.165. The number of anilines is 1. The van der Waals surface area contributed by atoms with Crippen molar-refractivity contribution in [3.05, 3.63) is 11.0 Å². The summed E-state index contributed by atoms with van der Waals surface area (Å²) in [5, 5.41) is 5.88. The lowest BCUT2D eigenvalue weighted by molar-refractivity contribution is -0.143. The molecule has 0 fully saturated rings. The van der Waals surface area contributed by atoms with Gasteiger partial charge >= 0.3 is 5.97 Å². The zero-order valence-corrected chi connectivity index (χ0v) is 13.0. The van der Waals surface area contributed by atoms with Crippen LogP contribution >= 0.6 is 11.6 Å². The van der Waals surface area contributed by atoms with E-state index in [2.05, 4.69) is 20.6 Å². The number of aromatic amines is 1. The van der Waals surface area contributed by atoms with Crippen molar-refractivity contribution in [3.8, 4) is 0 Å². The molecule has 1 aromatic rings. The lowest BCUT2D eigenvalue weighted by Crippen LogP contribution is -2.26. The summed E-state index contributed by atoms with van der Waals surface area (Å²) in [6.45, 7) is 5.18. The summed E-state index contributed by atoms with van der Waals surface area (Å²) in [4.78, 5) is 29.8. The number of rotatable bonds is 9. The molecular formula is C13H21ClN4O3. The molecule has 0 atom stereocenters. The number of H-pyrrole nitrogens is 1. The van der Waals surface area contributed by atoms with Crippen molar-refractivity contribution in [1.82, 2.24) is 15.3 Å². The molecule has 0 aliphatic carbocycles. The van der Waals surface area contributed by atoms with E-state index in [9.17, 15) is 9.59 Å². The molecule has 3 N–H and O–H groups in total. The second-order valence-electron chi connectivity index (χ2n) is 4.30. The fourth-order valence-corrected chi connectivity index (χ4v) is 1.90. The summed E-state index contributed by atoms with van der Waals surface area (Å²) in [5.41, 5.74) is 0.312. The zero-order chi connectivity index (χ0) is 15.7. The standard InChI is InChI=1S/C13H21ClN4O3/c1-3-15-11-10(17-13(14)18-11)12(20)16-8-6-5-7-9(19)21-4-2/h15H,3-8H2,1-2H3,(H,16,20)(H,17,18). The second-order valence-corrected chi connectivity index (χ2v) is 4.66. The van der Waals surface area contributed by atoms with Crippen molar-refractivity contribution >= 4 is 29.3 Å². The fourth-order valence-electron chi connectivity index (χ4n) is 1.72. The number of unbranched alkanes of at least 4 members (excludes halogenated alkanes) is 1. The molecule has 0 bridgehead atoms. The van der Waals surface area contributed by atoms with E-state index in [1.807, 2.05) is 6.92 Å². The Balaban J connectivity index is 2.32. The Bertz CT molecular complexity index is 476. The fraction of sp³-hybridized carbons (Fsp3) is 0.615. The van der Waals surface area contributed by atoms with Gasteiger partial charge in [-0.05, 0) is 38.3 Å². The van der Waals surface area contributed by atoms with E-state index in [0.29, 0.717) is 50.5 Å². The van der Waals surface area contributed by atoms with Crippen LogP contribution in [0.5, 0.6) is 0 Å². The van der Waals surface area contributed by atoms with Gasteiger partial charge in [-0.3, -0.25) is 9.59 Å². The SMILES string of the molecule is CCNc1nc(Cl)[nH]c1C(=O)NCCCCC(=O)OCC. The van der Waals surface area contributed by atoms with Crippen LogP contribution in [0.4, 0.5) is 5.82 Å². The highest BCUT2D eigenvalue weighted by atomic mass is 35.5. The average Bonchev–Trinajstić information content (AvgIpc) is 2.80. The average molecular weight is 317 g/mol. The monoisotopic (exact) mass is 316 g/mol. The molecule has 8 heteroatoms. The molecule has 7 nitrogen and oxygen atoms in total. The van der Waals surface area contributed by atoms with Gasteiger partial charge in [0.2, 0.25) is 5.28 Å². The third-order valence-corrected chi connectivity index (χ3v) is 2.82. The second kappa shape index (κ2) is 9.23. The van der Waals surface area contributed by atoms with Crippen LogP contribution < -0.4 is 10.6 Å². The highest BCUT2D eigenvalue weighted by Gasteiger charge is 2.15. The summed E-state index contributed by atoms with van der Waals surface area (Å²) in [7, 11) is 0. The molecule has 0 saturated carbocycles. The van der Waals surface area contributed by atoms with Gasteiger partial charge < -0.3 is 20.4 Å². The van der Waals surface area contributed by atoms with Gasteiger partial charge in [-0.1, -0.05) is 0 Å². The first kappa shape index (κ1) is 17.3. The maximum Gasteiger partial charge on any atom is 0.305 e. The number of nitrogens with one attached hydrogen (secondary N) is 3. The molecule has 1 heterocycles. The lowest BCUT2D eigenvalue weighted by Gasteiger charge is -2.06. The summed E-state index contributed by atoms with van der Waals surface area (Å²) in [6.07, 6.45) is 1.73. The van der Waals surface area contributed by atoms with Gasteiger partial charge in [0, 0.05) is 19.5 Å². The first-order valence-corrected chi connectivity index (χ1v) is 7.39. The number of nitrogens with zero attached hydrogens (tertiary/aromatic N) is 1. The summed E-state index contributed by atoms with van der Waals surface area (Å²) in [6, 6.07) is 0. The molecule has 0 radical (unpaired) electrons. The Kier molecular flexibility index (Phi) is 7.60. The van der Waals surface area contributed by atoms with E-state index >= 15 is 0 Å². The number of imidazole rings is 1. The van der Waals surface area contributed by atoms with E-state index in [0.717, 1.165) is 0 Å². The zero-order valence-electron chi connectivity index (χ0n) is 12.3. The number of ether oxygens (including phenoxy) is 1. The molecule has 0 aliphatic heterocycles. The molecule has 0 spiro atoms. The van der Waals surface area contributed by atoms with Crippen LogP contribution in [0.2, 0.25) is 5.28 Å². The normalized spacial score (nSPS) is 10.2. The Labute approximate surface area is 128 Å². The van der Waals surface area contributed by atoms with E-state index in [1.54, 1.807) is 6.92 Å². The van der Waals surface area contributed by atoms with Gasteiger partial charge in [0.05, 0.1) is 6.61 Å². The molecule has 0 aromatic carbocycles. The Morgan fingerprint density at radius 1 is 1.33 bits per heavy atom. The number of halogens is 1. The van der Waals surface area contributed by atoms with Crippen LogP contribution in [0.15, 0.2) is 0 Å². The summed E-state index contributed by atoms with van der Waals surface area (Å²) < 4.78 is 4.82. The van der Waals surface area contributed by atoms with Crippen molar-refractivity contribution in [1.29, 1.82) is 0 Å². The van der Waals surface area contributed by atoms with Crippen LogP contribution in [-0.4, -0.2) is 41.5 Å². The van der Waals surface area contributed by atoms with Gasteiger partial charge in [-0.25, -0.2) is 4.98 Å². The van der Waals surface area contributed by atoms with E-state index < -0.39 is 0 Å². The molecule has 21 heavy (non-hydrogen) atoms. The maximum atomic E-state index is 12.0. The summed E-state index contributed by atoms with van der Waals surface area (Å²) >= 11 is 5.76. The minimum atomic E-state index is -0.276. The summed E-state index contributed by atoms with van der Waals surface area (Å²) in [5.74, 6) is -0.0494. The van der Waals surface area contributed by atoms with Gasteiger partial charge in [0.15, 0.2) is 5.82 Å². The predicted octanol–water partition coefficient (Wildman–Crippen LogP) is 1.96. The largest absolute Gasteiger partial charge is 0.466 e. The topological polar surface area (TPSA) is 96.1 Å². The van der Waals surface area contributed by atoms with Crippen LogP contribution in [0, 0.1) is 0 Å². The highest BCUT2D eigenvalue weighted by molar-refractivity contribution is 6.28. The van der Waals surface area contributed by atoms with Crippen LogP contribution in [0.3, 0.4) is 0 Å². The van der Waals surface area contributed by atoms with Gasteiger partial charge in [-0.2, -0.15) is 0 Å². The van der Waals surface area contributed by atoms with Crippen molar-refractivity contribution in [2.75, 3.05) is 25.0 Å². The Hall–Kier alpha value is -1.76. The van der Waals surface area contributed by atoms with Gasteiger partial charge in [-0.15, -0.1) is 0 Å². The number of carbonyl (C=O) groups excluding carboxylic acids is 2. The van der Waals surface area contributed by atoms with Crippen molar-refractivity contribution < 1.29 is 14.3 Å². The molecule has 118 valence electrons. The minimum Gasteiger partial charge on any atom is -0.466 e. The van der Waals surface area contributed by atoms with Crippen LogP contribution in [0.25, 0.3) is 0 Å². The quantitative estimate of drug-likeness (QED) is 0.478. The van der Waals surface area contributed by atoms with E-state index in [4.69, 9.17) is 16.3 Å². The molecule has 1 rings (SSSR count). The first-order valence-electron chi connectivity index (χ1n) is 7.01. The van der Waals surface area contributed by atoms with Crippen molar-refractivity contribution in [2.45, 2.75) is 33.1 Å². The number of amides is 1. The number of aromatic nitrogens is 2. The third kappa shape index (κ3) is 6.03. The number of esters is 1. The molecule has 0 unspecified atom stereocenters. The van der Waals surface area contributed by atoms with Crippen LogP contribution in [-0.2, 0) is 9.53 Å². The number of hydrogen-bond acceptors (Lipinski definition) is 5. The molecule has 1 aromatic heterocycles. The number of hydrogen-bond donors (Lipinski definition) is 3. The maximum absolute atomic E-state index is 12.0. The highest BCUT2D eigenvalue weighted by Crippen LogP contribution is 2.15. The predicted molar refractivity (Wildman–Crippen MR) is 80.6 cm³/mol. The van der Waals surface area contributed by atoms with Crippen molar-refractivity contribution in [2.24, 2.45) is 0 Å². The lowest BCUT2D eigenvalue weighted by atomic mass is 10.2. The molecule has 0 saturated heterocycles. The van der Waals surface area contributed by atoms with Gasteiger partial charge in [0.25, 0.3) is 5.91 Å².